The molecule has 0 saturated carbocycles. The highest BCUT2D eigenvalue weighted by Gasteiger charge is 2.32. The average molecular weight is 363 g/mol. The summed E-state index contributed by atoms with van der Waals surface area (Å²) in [5.41, 5.74) is 5.11. The van der Waals surface area contributed by atoms with Gasteiger partial charge in [-0.25, -0.2) is 0 Å². The largest absolute Gasteiger partial charge is 0.481 e. The number of thioether (sulfide) groups is 1. The number of carboxylic acids is 2. The molecule has 0 radical (unpaired) electrons. The van der Waals surface area contributed by atoms with E-state index in [4.69, 9.17) is 23.1 Å². The van der Waals surface area contributed by atoms with Crippen LogP contribution in [0.2, 0.25) is 0 Å². The summed E-state index contributed by atoms with van der Waals surface area (Å²) < 4.78 is 0.683. The van der Waals surface area contributed by atoms with Crippen molar-refractivity contribution in [1.29, 1.82) is 0 Å². The van der Waals surface area contributed by atoms with Gasteiger partial charge in [0.1, 0.15) is 10.4 Å². The molecule has 1 unspecified atom stereocenters. The number of unbranched alkanes of at least 4 members (excludes halogenated alkanes) is 2. The van der Waals surface area contributed by atoms with E-state index < -0.39 is 23.9 Å². The van der Waals surface area contributed by atoms with Crippen LogP contribution in [0.25, 0.3) is 0 Å². The van der Waals surface area contributed by atoms with Crippen molar-refractivity contribution in [2.75, 3.05) is 19.1 Å². The maximum atomic E-state index is 11.3. The van der Waals surface area contributed by atoms with Crippen molar-refractivity contribution < 1.29 is 24.6 Å². The van der Waals surface area contributed by atoms with Gasteiger partial charge in [-0.1, -0.05) is 30.4 Å². The number of amides is 1. The van der Waals surface area contributed by atoms with Gasteiger partial charge < -0.3 is 20.8 Å². The van der Waals surface area contributed by atoms with Crippen LogP contribution in [-0.2, 0) is 14.4 Å². The first kappa shape index (κ1) is 19.7. The normalized spacial score (nSPS) is 17.0. The van der Waals surface area contributed by atoms with Crippen molar-refractivity contribution in [3.63, 3.8) is 0 Å². The van der Waals surface area contributed by atoms with Gasteiger partial charge in [0, 0.05) is 13.0 Å². The van der Waals surface area contributed by atoms with Crippen LogP contribution < -0.4 is 5.73 Å². The van der Waals surface area contributed by atoms with E-state index >= 15 is 0 Å². The number of aliphatic carboxylic acids is 2. The Morgan fingerprint density at radius 2 is 1.96 bits per heavy atom. The van der Waals surface area contributed by atoms with Gasteiger partial charge in [-0.2, -0.15) is 0 Å². The third-order valence-corrected chi connectivity index (χ3v) is 4.98. The highest BCUT2D eigenvalue weighted by atomic mass is 32.2. The van der Waals surface area contributed by atoms with Crippen LogP contribution in [0.15, 0.2) is 0 Å². The first-order chi connectivity index (χ1) is 10.8. The van der Waals surface area contributed by atoms with Crippen molar-refractivity contribution in [2.24, 2.45) is 5.73 Å². The number of hydrogen-bond acceptors (Lipinski definition) is 6. The van der Waals surface area contributed by atoms with E-state index in [1.807, 2.05) is 4.90 Å². The minimum atomic E-state index is -1.08. The van der Waals surface area contributed by atoms with Gasteiger partial charge >= 0.3 is 11.9 Å². The summed E-state index contributed by atoms with van der Waals surface area (Å²) in [6.45, 7) is 0.958. The van der Waals surface area contributed by atoms with E-state index in [0.717, 1.165) is 12.8 Å². The Bertz CT molecular complexity index is 475. The van der Waals surface area contributed by atoms with Crippen molar-refractivity contribution >= 4 is 46.1 Å². The van der Waals surface area contributed by atoms with Gasteiger partial charge in [-0.05, 0) is 12.8 Å². The van der Waals surface area contributed by atoms with Gasteiger partial charge in [0.2, 0.25) is 5.91 Å². The van der Waals surface area contributed by atoms with Gasteiger partial charge in [0.05, 0.1) is 19.0 Å². The molecule has 0 aromatic rings. The van der Waals surface area contributed by atoms with E-state index in [1.54, 1.807) is 4.90 Å². The number of carbonyl (C=O) groups excluding carboxylic acids is 1. The maximum Gasteiger partial charge on any atom is 0.321 e. The fourth-order valence-electron chi connectivity index (χ4n) is 2.22. The zero-order chi connectivity index (χ0) is 17.4. The van der Waals surface area contributed by atoms with Crippen LogP contribution >= 0.6 is 24.0 Å². The Balaban J connectivity index is 2.50. The Morgan fingerprint density at radius 1 is 1.26 bits per heavy atom. The number of primary amides is 1. The van der Waals surface area contributed by atoms with Crippen LogP contribution in [0, 0.1) is 0 Å². The second-order valence-electron chi connectivity index (χ2n) is 5.26. The molecule has 1 saturated heterocycles. The predicted octanol–water partition coefficient (Wildman–Crippen LogP) is 0.511. The molecule has 0 aromatic carbocycles. The molecular weight excluding hydrogens is 342 g/mol. The summed E-state index contributed by atoms with van der Waals surface area (Å²) in [5, 5.41) is 17.8. The molecule has 1 amide bonds. The SMILES string of the molecule is NC(=O)CC(C(=O)O)N1CSC(=S)N(CCCCCC(=O)O)C1. The van der Waals surface area contributed by atoms with Gasteiger partial charge in [-0.15, -0.1) is 0 Å². The Hall–Kier alpha value is -1.39. The zero-order valence-electron chi connectivity index (χ0n) is 12.6. The molecule has 130 valence electrons. The summed E-state index contributed by atoms with van der Waals surface area (Å²) in [6, 6.07) is -0.961. The molecule has 8 nitrogen and oxygen atoms in total. The molecule has 1 atom stereocenters. The maximum absolute atomic E-state index is 11.3. The third-order valence-electron chi connectivity index (χ3n) is 3.40. The number of nitrogens with two attached hydrogens (primary N) is 1. The minimum Gasteiger partial charge on any atom is -0.481 e. The topological polar surface area (TPSA) is 124 Å². The fourth-order valence-corrected chi connectivity index (χ4v) is 3.39. The van der Waals surface area contributed by atoms with E-state index in [2.05, 4.69) is 0 Å². The molecular formula is C13H21N3O5S2. The molecule has 1 heterocycles. The highest BCUT2D eigenvalue weighted by Crippen LogP contribution is 2.22. The standard InChI is InChI=1S/C13H21N3O5S2/c14-10(17)6-9(12(20)21)16-7-15(13(22)23-8-16)5-3-1-2-4-11(18)19/h9H,1-8H2,(H2,14,17)(H,18,19)(H,20,21). The van der Waals surface area contributed by atoms with E-state index in [1.165, 1.54) is 11.8 Å². The van der Waals surface area contributed by atoms with Gasteiger partial charge in [-0.3, -0.25) is 19.3 Å². The quantitative estimate of drug-likeness (QED) is 0.376. The van der Waals surface area contributed by atoms with Crippen molar-refractivity contribution in [2.45, 2.75) is 38.1 Å². The van der Waals surface area contributed by atoms with Crippen molar-refractivity contribution in [3.8, 4) is 0 Å². The lowest BCUT2D eigenvalue weighted by Crippen LogP contribution is -2.52. The van der Waals surface area contributed by atoms with E-state index in [-0.39, 0.29) is 12.8 Å². The lowest BCUT2D eigenvalue weighted by Gasteiger charge is -2.39. The lowest BCUT2D eigenvalue weighted by molar-refractivity contribution is -0.145. The fraction of sp³-hybridized carbons (Fsp3) is 0.692. The monoisotopic (exact) mass is 363 g/mol. The number of thiocarbonyl (C=S) groups is 1. The number of hydrogen-bond donors (Lipinski definition) is 3. The van der Waals surface area contributed by atoms with Gasteiger partial charge in [0.25, 0.3) is 0 Å². The second-order valence-corrected chi connectivity index (χ2v) is 6.84. The molecule has 1 aliphatic rings. The highest BCUT2D eigenvalue weighted by molar-refractivity contribution is 8.22. The number of nitrogens with zero attached hydrogens (tertiary/aromatic N) is 2. The Kier molecular flexibility index (Phi) is 8.28. The number of carbonyl (C=O) groups is 3. The molecule has 1 rings (SSSR count). The predicted molar refractivity (Wildman–Crippen MR) is 89.8 cm³/mol. The first-order valence-electron chi connectivity index (χ1n) is 7.20. The van der Waals surface area contributed by atoms with Crippen molar-refractivity contribution in [3.05, 3.63) is 0 Å². The van der Waals surface area contributed by atoms with Gasteiger partial charge in [0.15, 0.2) is 0 Å². The summed E-state index contributed by atoms with van der Waals surface area (Å²) in [4.78, 5) is 36.3. The summed E-state index contributed by atoms with van der Waals surface area (Å²) in [5.74, 6) is -2.15. The Morgan fingerprint density at radius 3 is 2.52 bits per heavy atom. The molecule has 4 N–H and O–H groups in total. The minimum absolute atomic E-state index is 0.144. The first-order valence-corrected chi connectivity index (χ1v) is 8.59. The molecule has 1 fully saturated rings. The Labute approximate surface area is 144 Å². The molecule has 0 bridgehead atoms. The third kappa shape index (κ3) is 7.14. The van der Waals surface area contributed by atoms with Crippen LogP contribution in [0.1, 0.15) is 32.1 Å². The van der Waals surface area contributed by atoms with Crippen LogP contribution in [0.4, 0.5) is 0 Å². The zero-order valence-corrected chi connectivity index (χ0v) is 14.3. The van der Waals surface area contributed by atoms with Crippen LogP contribution in [-0.4, -0.2) is 67.3 Å². The summed E-state index contributed by atoms with van der Waals surface area (Å²) in [6.07, 6.45) is 2.04. The molecule has 0 aromatic heterocycles. The molecule has 1 aliphatic heterocycles. The summed E-state index contributed by atoms with van der Waals surface area (Å²) in [7, 11) is 0. The van der Waals surface area contributed by atoms with E-state index in [0.29, 0.717) is 29.8 Å². The summed E-state index contributed by atoms with van der Waals surface area (Å²) >= 11 is 6.62. The second kappa shape index (κ2) is 9.68. The van der Waals surface area contributed by atoms with Crippen molar-refractivity contribution in [1.82, 2.24) is 9.80 Å². The molecule has 23 heavy (non-hydrogen) atoms. The van der Waals surface area contributed by atoms with E-state index in [9.17, 15) is 19.5 Å². The van der Waals surface area contributed by atoms with Crippen LogP contribution in [0.3, 0.4) is 0 Å². The molecule has 0 aliphatic carbocycles. The average Bonchev–Trinajstić information content (AvgIpc) is 2.45. The smallest absolute Gasteiger partial charge is 0.321 e. The molecule has 10 heteroatoms. The number of carboxylic acid groups (broad SMARTS) is 2. The lowest BCUT2D eigenvalue weighted by atomic mass is 10.2. The number of rotatable bonds is 10. The van der Waals surface area contributed by atoms with Crippen LogP contribution in [0.5, 0.6) is 0 Å². The molecule has 0 spiro atoms.